The number of imide groups is 1. The van der Waals surface area contributed by atoms with Crippen molar-refractivity contribution in [2.24, 2.45) is 29.6 Å². The summed E-state index contributed by atoms with van der Waals surface area (Å²) < 4.78 is 0. The van der Waals surface area contributed by atoms with E-state index in [1.807, 2.05) is 0 Å². The fourth-order valence-electron chi connectivity index (χ4n) is 7.07. The number of thiazole rings is 1. The first kappa shape index (κ1) is 23.0. The average Bonchev–Trinajstić information content (AvgIpc) is 3.51. The second-order valence-corrected chi connectivity index (χ2v) is 13.5. The minimum Gasteiger partial charge on any atom is -0.481 e. The number of fused-ring (bicyclic) bond motifs is 9. The van der Waals surface area contributed by atoms with E-state index in [4.69, 9.17) is 5.11 Å². The van der Waals surface area contributed by atoms with Gasteiger partial charge in [0.25, 0.3) is 0 Å². The van der Waals surface area contributed by atoms with Gasteiger partial charge in [0.2, 0.25) is 11.8 Å². The number of carboxylic acid groups (broad SMARTS) is 1. The smallest absolute Gasteiger partial charge is 0.305 e. The van der Waals surface area contributed by atoms with Gasteiger partial charge in [0.15, 0.2) is 0 Å². The molecular weight excluding hydrogens is 484 g/mol. The van der Waals surface area contributed by atoms with E-state index in [0.717, 1.165) is 21.9 Å². The summed E-state index contributed by atoms with van der Waals surface area (Å²) in [5, 5.41) is 10.1. The lowest BCUT2D eigenvalue weighted by molar-refractivity contribution is -0.142. The Morgan fingerprint density at radius 3 is 2.37 bits per heavy atom. The number of carboxylic acids is 1. The van der Waals surface area contributed by atoms with Gasteiger partial charge in [0, 0.05) is 22.6 Å². The summed E-state index contributed by atoms with van der Waals surface area (Å²) in [7, 11) is 0. The zero-order valence-electron chi connectivity index (χ0n) is 19.8. The standard InChI is InChI=1S/C26H28N2O5S2/c1-26(2,3)12-6-4-11(5-7-12)16-17-13-10-14(20(17)34-22-21(16)35-25(33)27-22)19-18(13)23(31)28(24(19)32)9-8-15(29)30/h4-7,13-14,16-20H,8-10H2,1-3H3,(H,27,33)(H,29,30)/t13-,14+,16-,17+,18+,19+,20-/m0/s1. The number of likely N-dealkylation sites (tertiary alicyclic amines) is 1. The van der Waals surface area contributed by atoms with E-state index in [1.54, 1.807) is 11.8 Å². The van der Waals surface area contributed by atoms with Gasteiger partial charge in [0.1, 0.15) is 0 Å². The van der Waals surface area contributed by atoms with Gasteiger partial charge in [-0.25, -0.2) is 0 Å². The summed E-state index contributed by atoms with van der Waals surface area (Å²) in [6.07, 6.45) is 0.604. The maximum Gasteiger partial charge on any atom is 0.305 e. The van der Waals surface area contributed by atoms with E-state index < -0.39 is 5.97 Å². The molecule has 3 fully saturated rings. The molecule has 9 heteroatoms. The van der Waals surface area contributed by atoms with E-state index in [1.165, 1.54) is 21.8 Å². The molecule has 2 amide bonds. The molecule has 3 heterocycles. The lowest BCUT2D eigenvalue weighted by atomic mass is 9.68. The Morgan fingerprint density at radius 1 is 1.09 bits per heavy atom. The Balaban J connectivity index is 1.40. The highest BCUT2D eigenvalue weighted by Crippen LogP contribution is 2.68. The van der Waals surface area contributed by atoms with Gasteiger partial charge >= 0.3 is 10.8 Å². The Bertz CT molecular complexity index is 1290. The molecule has 1 aromatic heterocycles. The molecule has 2 N–H and O–H groups in total. The molecule has 6 rings (SSSR count). The zero-order valence-corrected chi connectivity index (χ0v) is 21.4. The Kier molecular flexibility index (Phi) is 5.14. The number of rotatable bonds is 4. The fraction of sp³-hybridized carbons (Fsp3) is 0.538. The van der Waals surface area contributed by atoms with Crippen molar-refractivity contribution in [2.75, 3.05) is 6.54 Å². The number of hydrogen-bond acceptors (Lipinski definition) is 6. The van der Waals surface area contributed by atoms with E-state index in [-0.39, 0.29) is 75.8 Å². The number of H-pyrrole nitrogens is 1. The Labute approximate surface area is 211 Å². The van der Waals surface area contributed by atoms with Gasteiger partial charge in [-0.15, -0.1) is 11.8 Å². The first-order valence-electron chi connectivity index (χ1n) is 12.1. The van der Waals surface area contributed by atoms with Crippen molar-refractivity contribution >= 4 is 40.9 Å². The molecule has 0 radical (unpaired) electrons. The number of carbonyl (C=O) groups is 3. The van der Waals surface area contributed by atoms with E-state index in [0.29, 0.717) is 0 Å². The zero-order chi connectivity index (χ0) is 24.8. The number of aliphatic carboxylic acids is 1. The molecule has 2 bridgehead atoms. The number of carbonyl (C=O) groups excluding carboxylic acids is 2. The van der Waals surface area contributed by atoms with Crippen LogP contribution in [0.3, 0.4) is 0 Å². The predicted molar refractivity (Wildman–Crippen MR) is 133 cm³/mol. The van der Waals surface area contributed by atoms with Crippen LogP contribution >= 0.6 is 23.1 Å². The molecule has 7 nitrogen and oxygen atoms in total. The molecule has 35 heavy (non-hydrogen) atoms. The van der Waals surface area contributed by atoms with E-state index >= 15 is 0 Å². The first-order chi connectivity index (χ1) is 16.6. The van der Waals surface area contributed by atoms with Gasteiger partial charge in [-0.05, 0) is 40.7 Å². The normalized spacial score (nSPS) is 33.1. The van der Waals surface area contributed by atoms with Crippen LogP contribution in [0, 0.1) is 29.6 Å². The average molecular weight is 513 g/mol. The number of aromatic amines is 1. The van der Waals surface area contributed by atoms with Gasteiger partial charge in [-0.3, -0.25) is 24.1 Å². The molecule has 0 spiro atoms. The molecule has 4 aliphatic rings. The van der Waals surface area contributed by atoms with Crippen molar-refractivity contribution in [2.45, 2.75) is 55.2 Å². The summed E-state index contributed by atoms with van der Waals surface area (Å²) >= 11 is 2.93. The minimum atomic E-state index is -1.01. The number of nitrogens with one attached hydrogen (secondary N) is 1. The van der Waals surface area contributed by atoms with Crippen molar-refractivity contribution in [1.82, 2.24) is 9.88 Å². The molecule has 2 aliphatic heterocycles. The maximum atomic E-state index is 13.4. The molecule has 0 unspecified atom stereocenters. The van der Waals surface area contributed by atoms with Gasteiger partial charge in [-0.1, -0.05) is 56.4 Å². The quantitative estimate of drug-likeness (QED) is 0.605. The Morgan fingerprint density at radius 2 is 1.74 bits per heavy atom. The number of benzene rings is 1. The summed E-state index contributed by atoms with van der Waals surface area (Å²) in [5.74, 6) is -1.91. The molecule has 7 atom stereocenters. The number of aromatic nitrogens is 1. The molecule has 2 saturated carbocycles. The van der Waals surface area contributed by atoms with Crippen molar-refractivity contribution < 1.29 is 19.5 Å². The number of nitrogens with zero attached hydrogens (tertiary/aromatic N) is 1. The van der Waals surface area contributed by atoms with Crippen molar-refractivity contribution in [3.63, 3.8) is 0 Å². The van der Waals surface area contributed by atoms with E-state index in [9.17, 15) is 19.2 Å². The van der Waals surface area contributed by atoms with Crippen LogP contribution in [0.1, 0.15) is 55.5 Å². The lowest BCUT2D eigenvalue weighted by Crippen LogP contribution is -2.42. The first-order valence-corrected chi connectivity index (χ1v) is 13.8. The third-order valence-electron chi connectivity index (χ3n) is 8.50. The van der Waals surface area contributed by atoms with Crippen molar-refractivity contribution in [3.8, 4) is 0 Å². The summed E-state index contributed by atoms with van der Waals surface area (Å²) in [5.41, 5.74) is 2.42. The molecule has 1 saturated heterocycles. The molecule has 184 valence electrons. The monoisotopic (exact) mass is 512 g/mol. The molecule has 1 aromatic carbocycles. The maximum absolute atomic E-state index is 13.4. The van der Waals surface area contributed by atoms with Gasteiger partial charge in [-0.2, -0.15) is 0 Å². The van der Waals surface area contributed by atoms with Crippen LogP contribution in [-0.2, 0) is 19.8 Å². The minimum absolute atomic E-state index is 0.00106. The number of hydrogen-bond donors (Lipinski definition) is 2. The highest BCUT2D eigenvalue weighted by Gasteiger charge is 2.69. The van der Waals surface area contributed by atoms with Crippen LogP contribution in [0.15, 0.2) is 34.1 Å². The summed E-state index contributed by atoms with van der Waals surface area (Å²) in [4.78, 5) is 55.3. The van der Waals surface area contributed by atoms with Crippen molar-refractivity contribution in [1.29, 1.82) is 0 Å². The fourth-order valence-corrected chi connectivity index (χ4v) is 9.96. The SMILES string of the molecule is CC(C)(C)c1ccc([C@@H]2c3sc(=O)[nH]c3S[C@H]3[C@@H]4C[C@H]([C@H]5C(=O)N(CCC(=O)O)C(=O)[C@H]45)[C@H]23)cc1. The second kappa shape index (κ2) is 7.80. The molecule has 2 aliphatic carbocycles. The number of amides is 2. The molecular formula is C26H28N2O5S2. The predicted octanol–water partition coefficient (Wildman–Crippen LogP) is 3.68. The summed E-state index contributed by atoms with van der Waals surface area (Å²) in [6.45, 7) is 6.49. The summed E-state index contributed by atoms with van der Waals surface area (Å²) in [6, 6.07) is 8.65. The highest BCUT2D eigenvalue weighted by atomic mass is 32.2. The van der Waals surface area contributed by atoms with E-state index in [2.05, 4.69) is 50.0 Å². The van der Waals surface area contributed by atoms with Crippen LogP contribution < -0.4 is 4.87 Å². The second-order valence-electron chi connectivity index (χ2n) is 11.3. The topological polar surface area (TPSA) is 108 Å². The lowest BCUT2D eigenvalue weighted by Gasteiger charge is -2.43. The number of thioether (sulfide) groups is 1. The van der Waals surface area contributed by atoms with Crippen molar-refractivity contribution in [3.05, 3.63) is 49.9 Å². The van der Waals surface area contributed by atoms with Gasteiger partial charge < -0.3 is 10.1 Å². The van der Waals surface area contributed by atoms with Crippen LogP contribution in [0.2, 0.25) is 0 Å². The third-order valence-corrected chi connectivity index (χ3v) is 11.1. The largest absolute Gasteiger partial charge is 0.481 e. The Hall–Kier alpha value is -2.39. The van der Waals surface area contributed by atoms with Crippen LogP contribution in [0.4, 0.5) is 0 Å². The molecule has 2 aromatic rings. The third kappa shape index (κ3) is 3.38. The van der Waals surface area contributed by atoms with Gasteiger partial charge in [0.05, 0.1) is 23.3 Å². The van der Waals surface area contributed by atoms with Crippen LogP contribution in [0.5, 0.6) is 0 Å². The van der Waals surface area contributed by atoms with Crippen LogP contribution in [0.25, 0.3) is 0 Å². The van der Waals surface area contributed by atoms with Crippen LogP contribution in [-0.4, -0.2) is 44.6 Å². The highest BCUT2D eigenvalue weighted by molar-refractivity contribution is 8.00.